The van der Waals surface area contributed by atoms with Crippen LogP contribution in [0.1, 0.15) is 6.42 Å². The predicted molar refractivity (Wildman–Crippen MR) is 73.9 cm³/mol. The van der Waals surface area contributed by atoms with Gasteiger partial charge in [0, 0.05) is 0 Å². The van der Waals surface area contributed by atoms with E-state index in [0.717, 1.165) is 18.0 Å². The van der Waals surface area contributed by atoms with Crippen LogP contribution in [-0.4, -0.2) is 44.2 Å². The number of quaternary nitrogens is 1. The molecule has 2 fully saturated rings. The van der Waals surface area contributed by atoms with E-state index in [4.69, 9.17) is 16.3 Å². The fraction of sp³-hybridized carbons (Fsp3) is 0.429. The molecular weight excluding hydrogens is 280 g/mol. The highest BCUT2D eigenvalue weighted by atomic mass is 35.5. The van der Waals surface area contributed by atoms with Crippen molar-refractivity contribution in [2.45, 2.75) is 12.5 Å². The van der Waals surface area contributed by atoms with Crippen LogP contribution in [-0.2, 0) is 14.3 Å². The van der Waals surface area contributed by atoms with E-state index < -0.39 is 0 Å². The Bertz CT molecular complexity index is 543. The Morgan fingerprint density at radius 3 is 2.60 bits per heavy atom. The lowest BCUT2D eigenvalue weighted by atomic mass is 10.2. The standard InChI is InChI=1S/C14H15ClN2O3/c15-10-3-1-2-4-11(10)17-13(18)9-12(14(17)19)16-5-7-20-8-6-16/h1-4,12H,5-9H2/p+1/t12-/m0/s1. The molecule has 6 heteroatoms. The van der Waals surface area contributed by atoms with Gasteiger partial charge >= 0.3 is 0 Å². The Labute approximate surface area is 122 Å². The topological polar surface area (TPSA) is 51.1 Å². The number of hydrogen-bond donors (Lipinski definition) is 1. The maximum Gasteiger partial charge on any atom is 0.292 e. The largest absolute Gasteiger partial charge is 0.370 e. The molecule has 2 aliphatic heterocycles. The molecule has 1 atom stereocenters. The second kappa shape index (κ2) is 5.52. The molecule has 1 aromatic rings. The second-order valence-corrected chi connectivity index (χ2v) is 5.45. The number of carbonyl (C=O) groups is 2. The monoisotopic (exact) mass is 295 g/mol. The number of benzene rings is 1. The number of imide groups is 1. The first-order valence-electron chi connectivity index (χ1n) is 6.72. The van der Waals surface area contributed by atoms with Crippen molar-refractivity contribution >= 4 is 29.1 Å². The lowest BCUT2D eigenvalue weighted by Crippen LogP contribution is -3.18. The molecule has 1 aromatic carbocycles. The van der Waals surface area contributed by atoms with Gasteiger partial charge in [-0.05, 0) is 12.1 Å². The smallest absolute Gasteiger partial charge is 0.292 e. The summed E-state index contributed by atoms with van der Waals surface area (Å²) in [5.41, 5.74) is 0.485. The Hall–Kier alpha value is -1.43. The van der Waals surface area contributed by atoms with E-state index in [1.54, 1.807) is 24.3 Å². The van der Waals surface area contributed by atoms with Gasteiger partial charge in [-0.15, -0.1) is 0 Å². The van der Waals surface area contributed by atoms with Crippen LogP contribution in [0, 0.1) is 0 Å². The Kier molecular flexibility index (Phi) is 3.74. The number of ether oxygens (including phenoxy) is 1. The normalized spacial score (nSPS) is 24.4. The highest BCUT2D eigenvalue weighted by Crippen LogP contribution is 2.29. The third-order valence-electron chi connectivity index (χ3n) is 3.87. The van der Waals surface area contributed by atoms with Crippen LogP contribution in [0.2, 0.25) is 5.02 Å². The summed E-state index contributed by atoms with van der Waals surface area (Å²) in [5.74, 6) is -0.327. The quantitative estimate of drug-likeness (QED) is 0.775. The molecule has 106 valence electrons. The van der Waals surface area contributed by atoms with E-state index in [2.05, 4.69) is 0 Å². The molecule has 1 N–H and O–H groups in total. The molecule has 0 saturated carbocycles. The highest BCUT2D eigenvalue weighted by molar-refractivity contribution is 6.36. The molecular formula is C14H16ClN2O3+. The first kappa shape index (κ1) is 13.5. The number of carbonyl (C=O) groups excluding carboxylic acids is 2. The van der Waals surface area contributed by atoms with Gasteiger partial charge in [0.05, 0.1) is 30.3 Å². The van der Waals surface area contributed by atoms with E-state index in [1.807, 2.05) is 0 Å². The first-order chi connectivity index (χ1) is 9.68. The van der Waals surface area contributed by atoms with Gasteiger partial charge < -0.3 is 9.64 Å². The molecule has 0 bridgehead atoms. The summed E-state index contributed by atoms with van der Waals surface area (Å²) in [4.78, 5) is 27.1. The van der Waals surface area contributed by atoms with Crippen LogP contribution >= 0.6 is 11.6 Å². The molecule has 2 heterocycles. The minimum Gasteiger partial charge on any atom is -0.370 e. The van der Waals surface area contributed by atoms with Crippen molar-refractivity contribution in [3.05, 3.63) is 29.3 Å². The summed E-state index contributed by atoms with van der Waals surface area (Å²) in [6.45, 7) is 2.80. The van der Waals surface area contributed by atoms with Crippen LogP contribution < -0.4 is 9.80 Å². The Balaban J connectivity index is 1.85. The Morgan fingerprint density at radius 1 is 1.20 bits per heavy atom. The number of hydrogen-bond acceptors (Lipinski definition) is 3. The van der Waals surface area contributed by atoms with Crippen molar-refractivity contribution in [1.82, 2.24) is 0 Å². The average Bonchev–Trinajstić information content (AvgIpc) is 2.76. The summed E-state index contributed by atoms with van der Waals surface area (Å²) >= 11 is 6.10. The van der Waals surface area contributed by atoms with E-state index >= 15 is 0 Å². The molecule has 0 aliphatic carbocycles. The molecule has 3 rings (SSSR count). The minimum absolute atomic E-state index is 0.153. The lowest BCUT2D eigenvalue weighted by molar-refractivity contribution is -0.922. The van der Waals surface area contributed by atoms with Crippen LogP contribution in [0.3, 0.4) is 0 Å². The number of morpholine rings is 1. The maximum absolute atomic E-state index is 12.6. The maximum atomic E-state index is 12.6. The second-order valence-electron chi connectivity index (χ2n) is 5.05. The fourth-order valence-corrected chi connectivity index (χ4v) is 3.04. The van der Waals surface area contributed by atoms with E-state index in [1.165, 1.54) is 4.90 Å². The number of para-hydroxylation sites is 1. The van der Waals surface area contributed by atoms with Crippen LogP contribution in [0.15, 0.2) is 24.3 Å². The fourth-order valence-electron chi connectivity index (χ4n) is 2.82. The average molecular weight is 296 g/mol. The van der Waals surface area contributed by atoms with Crippen LogP contribution in [0.25, 0.3) is 0 Å². The van der Waals surface area contributed by atoms with Gasteiger partial charge in [-0.3, -0.25) is 9.59 Å². The van der Waals surface area contributed by atoms with Crippen molar-refractivity contribution in [2.24, 2.45) is 0 Å². The molecule has 0 unspecified atom stereocenters. The van der Waals surface area contributed by atoms with Gasteiger partial charge in [-0.2, -0.15) is 0 Å². The molecule has 0 radical (unpaired) electrons. The number of nitrogens with one attached hydrogen (secondary N) is 1. The number of anilines is 1. The summed E-state index contributed by atoms with van der Waals surface area (Å²) in [7, 11) is 0. The molecule has 0 aromatic heterocycles. The summed E-state index contributed by atoms with van der Waals surface area (Å²) in [6, 6.07) is 6.64. The van der Waals surface area contributed by atoms with Gasteiger partial charge in [0.1, 0.15) is 13.1 Å². The number of amides is 2. The minimum atomic E-state index is -0.303. The molecule has 2 amide bonds. The summed E-state index contributed by atoms with van der Waals surface area (Å²) in [5, 5.41) is 0.423. The zero-order valence-corrected chi connectivity index (χ0v) is 11.7. The molecule has 0 spiro atoms. The number of rotatable bonds is 2. The molecule has 2 aliphatic rings. The summed E-state index contributed by atoms with van der Waals surface area (Å²) in [6.07, 6.45) is 0.249. The van der Waals surface area contributed by atoms with Crippen LogP contribution in [0.4, 0.5) is 5.69 Å². The molecule has 2 saturated heterocycles. The van der Waals surface area contributed by atoms with E-state index in [-0.39, 0.29) is 24.3 Å². The third kappa shape index (κ3) is 2.32. The number of halogens is 1. The highest BCUT2D eigenvalue weighted by Gasteiger charge is 2.46. The van der Waals surface area contributed by atoms with E-state index in [0.29, 0.717) is 23.9 Å². The zero-order chi connectivity index (χ0) is 14.1. The van der Waals surface area contributed by atoms with Gasteiger partial charge in [0.15, 0.2) is 6.04 Å². The van der Waals surface area contributed by atoms with Crippen molar-refractivity contribution < 1.29 is 19.2 Å². The molecule has 5 nitrogen and oxygen atoms in total. The zero-order valence-electron chi connectivity index (χ0n) is 11.0. The third-order valence-corrected chi connectivity index (χ3v) is 4.19. The van der Waals surface area contributed by atoms with E-state index in [9.17, 15) is 9.59 Å². The van der Waals surface area contributed by atoms with Crippen molar-refractivity contribution in [3.8, 4) is 0 Å². The van der Waals surface area contributed by atoms with Gasteiger partial charge in [-0.1, -0.05) is 23.7 Å². The Morgan fingerprint density at radius 2 is 1.90 bits per heavy atom. The number of nitrogens with zero attached hydrogens (tertiary/aromatic N) is 1. The van der Waals surface area contributed by atoms with Crippen molar-refractivity contribution in [2.75, 3.05) is 31.2 Å². The lowest BCUT2D eigenvalue weighted by Gasteiger charge is -2.27. The molecule has 20 heavy (non-hydrogen) atoms. The first-order valence-corrected chi connectivity index (χ1v) is 7.10. The van der Waals surface area contributed by atoms with Crippen molar-refractivity contribution in [1.29, 1.82) is 0 Å². The van der Waals surface area contributed by atoms with Gasteiger partial charge in [0.2, 0.25) is 5.91 Å². The van der Waals surface area contributed by atoms with Gasteiger partial charge in [-0.25, -0.2) is 4.90 Å². The van der Waals surface area contributed by atoms with Crippen molar-refractivity contribution in [3.63, 3.8) is 0 Å². The SMILES string of the molecule is O=C1C[C@H]([NH+]2CCOCC2)C(=O)N1c1ccccc1Cl. The predicted octanol–water partition coefficient (Wildman–Crippen LogP) is -0.113. The van der Waals surface area contributed by atoms with Crippen LogP contribution in [0.5, 0.6) is 0 Å². The summed E-state index contributed by atoms with van der Waals surface area (Å²) < 4.78 is 5.30. The van der Waals surface area contributed by atoms with Gasteiger partial charge in [0.25, 0.3) is 5.91 Å².